The van der Waals surface area contributed by atoms with E-state index in [0.29, 0.717) is 0 Å². The van der Waals surface area contributed by atoms with Crippen LogP contribution in [0.2, 0.25) is 0 Å². The van der Waals surface area contributed by atoms with Crippen molar-refractivity contribution in [2.45, 2.75) is 0 Å². The molecule has 0 aliphatic rings. The lowest BCUT2D eigenvalue weighted by molar-refractivity contribution is -0.384. The Morgan fingerprint density at radius 2 is 2.12 bits per heavy atom. The van der Waals surface area contributed by atoms with Gasteiger partial charge in [-0.1, -0.05) is 17.4 Å². The summed E-state index contributed by atoms with van der Waals surface area (Å²) in [7, 11) is 1.37. The molecule has 1 rings (SSSR count). The summed E-state index contributed by atoms with van der Waals surface area (Å²) in [6.45, 7) is -0.440. The van der Waals surface area contributed by atoms with Crippen LogP contribution < -0.4 is 5.11 Å². The first-order chi connectivity index (χ1) is 8.00. The Morgan fingerprint density at radius 1 is 1.47 bits per heavy atom. The molecule has 0 amide bonds. The van der Waals surface area contributed by atoms with E-state index >= 15 is 0 Å². The molecule has 0 atom stereocenters. The Kier molecular flexibility index (Phi) is 4.09. The summed E-state index contributed by atoms with van der Waals surface area (Å²) < 4.78 is 0. The van der Waals surface area contributed by atoms with E-state index in [1.807, 2.05) is 0 Å². The number of rotatable bonds is 5. The first kappa shape index (κ1) is 12.6. The average Bonchev–Trinajstić information content (AvgIpc) is 2.25. The first-order valence-electron chi connectivity index (χ1n) is 4.56. The number of carboxylic acid groups (broad SMARTS) is 1. The molecule has 0 saturated carbocycles. The number of benzene rings is 1. The molecule has 0 N–H and O–H groups in total. The second kappa shape index (κ2) is 5.54. The maximum atomic E-state index is 10.6. The van der Waals surface area contributed by atoms with Crippen molar-refractivity contribution < 1.29 is 14.8 Å². The van der Waals surface area contributed by atoms with Crippen molar-refractivity contribution in [2.75, 3.05) is 13.6 Å². The molecule has 8 nitrogen and oxygen atoms in total. The largest absolute Gasteiger partial charge is 0.548 e. The second-order valence-electron chi connectivity index (χ2n) is 3.12. The fourth-order valence-corrected chi connectivity index (χ4v) is 1.05. The summed E-state index contributed by atoms with van der Waals surface area (Å²) in [6, 6.07) is 5.77. The molecule has 0 aliphatic carbocycles. The molecule has 0 fully saturated rings. The Morgan fingerprint density at radius 3 is 2.71 bits per heavy atom. The summed E-state index contributed by atoms with van der Waals surface area (Å²) in [4.78, 5) is 20.3. The number of likely N-dealkylation sites (N-methyl/N-ethyl adjacent to an activating group) is 1. The summed E-state index contributed by atoms with van der Waals surface area (Å²) in [5.41, 5.74) is -0.138. The van der Waals surface area contributed by atoms with Crippen molar-refractivity contribution in [1.82, 2.24) is 5.01 Å². The molecule has 0 spiro atoms. The van der Waals surface area contributed by atoms with E-state index in [4.69, 9.17) is 0 Å². The molecule has 8 heteroatoms. The molecule has 1 aromatic rings. The van der Waals surface area contributed by atoms with Crippen molar-refractivity contribution in [3.63, 3.8) is 0 Å². The number of carbonyl (C=O) groups excluding carboxylic acids is 1. The molecule has 90 valence electrons. The van der Waals surface area contributed by atoms with Crippen molar-refractivity contribution >= 4 is 17.3 Å². The van der Waals surface area contributed by atoms with Gasteiger partial charge in [0, 0.05) is 13.1 Å². The average molecular weight is 237 g/mol. The van der Waals surface area contributed by atoms with Gasteiger partial charge < -0.3 is 9.90 Å². The number of nitro groups is 1. The minimum Gasteiger partial charge on any atom is -0.548 e. The molecule has 0 saturated heterocycles. The minimum atomic E-state index is -1.31. The smallest absolute Gasteiger partial charge is 0.296 e. The van der Waals surface area contributed by atoms with Crippen LogP contribution in [-0.2, 0) is 4.79 Å². The lowest BCUT2D eigenvalue weighted by Gasteiger charge is -2.10. The van der Waals surface area contributed by atoms with E-state index in [-0.39, 0.29) is 11.4 Å². The first-order valence-corrected chi connectivity index (χ1v) is 4.56. The predicted octanol–water partition coefficient (Wildman–Crippen LogP) is 0.275. The highest BCUT2D eigenvalue weighted by Crippen LogP contribution is 2.26. The highest BCUT2D eigenvalue weighted by molar-refractivity contribution is 5.66. The molecule has 0 aromatic heterocycles. The van der Waals surface area contributed by atoms with Gasteiger partial charge in [-0.15, -0.1) is 5.11 Å². The van der Waals surface area contributed by atoms with Crippen molar-refractivity contribution in [2.24, 2.45) is 10.3 Å². The molecule has 0 bridgehead atoms. The van der Waals surface area contributed by atoms with Crippen LogP contribution in [0, 0.1) is 10.1 Å². The zero-order valence-electron chi connectivity index (χ0n) is 8.94. The third kappa shape index (κ3) is 3.86. The van der Waals surface area contributed by atoms with Crippen molar-refractivity contribution in [1.29, 1.82) is 0 Å². The number of aliphatic carboxylic acids is 1. The van der Waals surface area contributed by atoms with Crippen molar-refractivity contribution in [3.05, 3.63) is 34.4 Å². The lowest BCUT2D eigenvalue weighted by atomic mass is 10.3. The van der Waals surface area contributed by atoms with Gasteiger partial charge in [-0.05, 0) is 6.07 Å². The highest BCUT2D eigenvalue weighted by Gasteiger charge is 2.11. The number of hydrogen-bond donors (Lipinski definition) is 0. The van der Waals surface area contributed by atoms with Gasteiger partial charge in [0.15, 0.2) is 5.69 Å². The molecule has 0 aliphatic heterocycles. The van der Waals surface area contributed by atoms with Crippen LogP contribution in [0.4, 0.5) is 11.4 Å². The topological polar surface area (TPSA) is 111 Å². The van der Waals surface area contributed by atoms with Gasteiger partial charge >= 0.3 is 0 Å². The van der Waals surface area contributed by atoms with Gasteiger partial charge in [-0.3, -0.25) is 15.1 Å². The number of nitro benzene ring substituents is 1. The van der Waals surface area contributed by atoms with Gasteiger partial charge in [0.2, 0.25) is 0 Å². The standard InChI is InChI=1S/C9H10N4O4/c1-12(6-9(14)15)11-10-7-4-2-3-5-8(7)13(16)17/h2-5H,6H2,1H3,(H,14,15)/p-1. The van der Waals surface area contributed by atoms with Crippen LogP contribution in [0.15, 0.2) is 34.6 Å². The van der Waals surface area contributed by atoms with Crippen LogP contribution in [0.5, 0.6) is 0 Å². The molecule has 0 heterocycles. The summed E-state index contributed by atoms with van der Waals surface area (Å²) in [6.07, 6.45) is 0. The van der Waals surface area contributed by atoms with Crippen molar-refractivity contribution in [3.8, 4) is 0 Å². The number of hydrogen-bond acceptors (Lipinski definition) is 6. The van der Waals surface area contributed by atoms with E-state index in [0.717, 1.165) is 5.01 Å². The van der Waals surface area contributed by atoms with Gasteiger partial charge in [-0.25, -0.2) is 0 Å². The predicted molar refractivity (Wildman–Crippen MR) is 55.2 cm³/mol. The van der Waals surface area contributed by atoms with E-state index in [2.05, 4.69) is 10.3 Å². The normalized spacial score (nSPS) is 10.4. The van der Waals surface area contributed by atoms with Crippen LogP contribution in [0.25, 0.3) is 0 Å². The van der Waals surface area contributed by atoms with Crippen LogP contribution in [0.1, 0.15) is 0 Å². The molecule has 0 unspecified atom stereocenters. The van der Waals surface area contributed by atoms with E-state index in [1.54, 1.807) is 6.07 Å². The maximum absolute atomic E-state index is 10.6. The highest BCUT2D eigenvalue weighted by atomic mass is 16.6. The van der Waals surface area contributed by atoms with Gasteiger partial charge in [0.05, 0.1) is 17.4 Å². The van der Waals surface area contributed by atoms with Gasteiger partial charge in [-0.2, -0.15) is 0 Å². The number of carboxylic acids is 1. The molecule has 17 heavy (non-hydrogen) atoms. The zero-order valence-corrected chi connectivity index (χ0v) is 8.94. The third-order valence-corrected chi connectivity index (χ3v) is 1.74. The summed E-state index contributed by atoms with van der Waals surface area (Å²) in [5.74, 6) is -1.31. The van der Waals surface area contributed by atoms with E-state index < -0.39 is 17.4 Å². The third-order valence-electron chi connectivity index (χ3n) is 1.74. The monoisotopic (exact) mass is 237 g/mol. The Bertz CT molecular complexity index is 460. The summed E-state index contributed by atoms with van der Waals surface area (Å²) >= 11 is 0. The van der Waals surface area contributed by atoms with Gasteiger partial charge in [0.25, 0.3) is 5.69 Å². The Labute approximate surface area is 96.3 Å². The summed E-state index contributed by atoms with van der Waals surface area (Å²) in [5, 5.41) is 29.0. The molecular weight excluding hydrogens is 228 g/mol. The van der Waals surface area contributed by atoms with Gasteiger partial charge in [0.1, 0.15) is 0 Å². The molecular formula is C9H9N4O4-. The zero-order chi connectivity index (χ0) is 12.8. The lowest BCUT2D eigenvalue weighted by Crippen LogP contribution is -2.33. The SMILES string of the molecule is CN(CC(=O)[O-])N=Nc1ccccc1[N+](=O)[O-]. The number of para-hydroxylation sites is 1. The molecule has 1 aromatic carbocycles. The number of nitrogens with zero attached hydrogens (tertiary/aromatic N) is 4. The Hall–Kier alpha value is -2.51. The fraction of sp³-hybridized carbons (Fsp3) is 0.222. The van der Waals surface area contributed by atoms with E-state index in [9.17, 15) is 20.0 Å². The number of carbonyl (C=O) groups is 1. The Balaban J connectivity index is 2.84. The van der Waals surface area contributed by atoms with E-state index in [1.165, 1.54) is 25.2 Å². The van der Waals surface area contributed by atoms with Crippen LogP contribution in [0.3, 0.4) is 0 Å². The van der Waals surface area contributed by atoms with Crippen LogP contribution >= 0.6 is 0 Å². The maximum Gasteiger partial charge on any atom is 0.296 e. The van der Waals surface area contributed by atoms with Crippen LogP contribution in [-0.4, -0.2) is 29.5 Å². The second-order valence-corrected chi connectivity index (χ2v) is 3.12. The minimum absolute atomic E-state index is 0.0581. The molecule has 0 radical (unpaired) electrons. The fourth-order valence-electron chi connectivity index (χ4n) is 1.05. The quantitative estimate of drug-likeness (QED) is 0.414.